The van der Waals surface area contributed by atoms with Gasteiger partial charge in [-0.2, -0.15) is 0 Å². The Kier molecular flexibility index (Phi) is 2.74. The largest absolute Gasteiger partial charge is 0.467 e. The molecule has 0 bridgehead atoms. The first-order valence-corrected chi connectivity index (χ1v) is 3.76. The molecule has 4 nitrogen and oxygen atoms in total. The zero-order valence-electron chi connectivity index (χ0n) is 7.24. The monoisotopic (exact) mass is 167 g/mol. The lowest BCUT2D eigenvalue weighted by atomic mass is 10.2. The van der Waals surface area contributed by atoms with Crippen LogP contribution in [-0.2, 0) is 0 Å². The number of hydrogen-bond acceptors (Lipinski definition) is 2. The van der Waals surface area contributed by atoms with E-state index in [1.807, 2.05) is 19.1 Å². The zero-order valence-corrected chi connectivity index (χ0v) is 7.24. The van der Waals surface area contributed by atoms with E-state index in [4.69, 9.17) is 10.2 Å². The van der Waals surface area contributed by atoms with Gasteiger partial charge in [0.15, 0.2) is 5.96 Å². The summed E-state index contributed by atoms with van der Waals surface area (Å²) in [6.45, 7) is 1.96. The van der Waals surface area contributed by atoms with Crippen LogP contribution in [0, 0.1) is 0 Å². The molecule has 66 valence electrons. The summed E-state index contributed by atoms with van der Waals surface area (Å²) >= 11 is 0. The van der Waals surface area contributed by atoms with Gasteiger partial charge in [-0.15, -0.1) is 0 Å². The third kappa shape index (κ3) is 2.02. The molecule has 0 radical (unpaired) electrons. The molecule has 0 amide bonds. The Morgan fingerprint density at radius 1 is 1.75 bits per heavy atom. The van der Waals surface area contributed by atoms with Crippen molar-refractivity contribution in [2.45, 2.75) is 13.0 Å². The first-order valence-electron chi connectivity index (χ1n) is 3.76. The molecule has 1 rings (SSSR count). The van der Waals surface area contributed by atoms with Crippen LogP contribution in [0.3, 0.4) is 0 Å². The molecule has 1 aromatic rings. The Morgan fingerprint density at radius 2 is 2.50 bits per heavy atom. The average molecular weight is 167 g/mol. The second kappa shape index (κ2) is 3.80. The van der Waals surface area contributed by atoms with Gasteiger partial charge in [-0.3, -0.25) is 4.99 Å². The summed E-state index contributed by atoms with van der Waals surface area (Å²) in [5, 5.41) is 2.97. The van der Waals surface area contributed by atoms with Gasteiger partial charge in [0, 0.05) is 7.05 Å². The predicted molar refractivity (Wildman–Crippen MR) is 47.8 cm³/mol. The van der Waals surface area contributed by atoms with Crippen LogP contribution < -0.4 is 11.1 Å². The highest BCUT2D eigenvalue weighted by atomic mass is 16.3. The van der Waals surface area contributed by atoms with Crippen molar-refractivity contribution in [3.8, 4) is 0 Å². The maximum absolute atomic E-state index is 5.48. The Balaban J connectivity index is 2.55. The smallest absolute Gasteiger partial charge is 0.188 e. The second-order valence-electron chi connectivity index (χ2n) is 2.49. The summed E-state index contributed by atoms with van der Waals surface area (Å²) in [7, 11) is 1.64. The van der Waals surface area contributed by atoms with Crippen molar-refractivity contribution in [1.29, 1.82) is 0 Å². The first kappa shape index (κ1) is 8.64. The highest BCUT2D eigenvalue weighted by Gasteiger charge is 2.07. The molecular formula is C8H13N3O. The number of furan rings is 1. The molecule has 12 heavy (non-hydrogen) atoms. The Morgan fingerprint density at radius 3 is 3.00 bits per heavy atom. The zero-order chi connectivity index (χ0) is 8.97. The van der Waals surface area contributed by atoms with Crippen molar-refractivity contribution >= 4 is 5.96 Å². The number of rotatable bonds is 2. The van der Waals surface area contributed by atoms with Crippen LogP contribution in [0.5, 0.6) is 0 Å². The van der Waals surface area contributed by atoms with Gasteiger partial charge >= 0.3 is 0 Å². The summed E-state index contributed by atoms with van der Waals surface area (Å²) in [5.41, 5.74) is 5.48. The van der Waals surface area contributed by atoms with E-state index < -0.39 is 0 Å². The highest BCUT2D eigenvalue weighted by molar-refractivity contribution is 5.77. The predicted octanol–water partition coefficient (Wildman–Crippen LogP) is 0.875. The van der Waals surface area contributed by atoms with Gasteiger partial charge in [0.05, 0.1) is 12.3 Å². The number of nitrogens with zero attached hydrogens (tertiary/aromatic N) is 1. The summed E-state index contributed by atoms with van der Waals surface area (Å²) in [5.74, 6) is 1.26. The van der Waals surface area contributed by atoms with Crippen LogP contribution in [0.15, 0.2) is 27.8 Å². The number of nitrogens with two attached hydrogens (primary N) is 1. The summed E-state index contributed by atoms with van der Waals surface area (Å²) in [6, 6.07) is 3.79. The third-order valence-electron chi connectivity index (χ3n) is 1.58. The lowest BCUT2D eigenvalue weighted by Gasteiger charge is -2.10. The van der Waals surface area contributed by atoms with Crippen molar-refractivity contribution in [1.82, 2.24) is 5.32 Å². The topological polar surface area (TPSA) is 63.5 Å². The molecule has 1 aromatic heterocycles. The van der Waals surface area contributed by atoms with E-state index in [-0.39, 0.29) is 6.04 Å². The van der Waals surface area contributed by atoms with E-state index in [0.29, 0.717) is 5.96 Å². The van der Waals surface area contributed by atoms with E-state index in [1.165, 1.54) is 0 Å². The van der Waals surface area contributed by atoms with Crippen LogP contribution in [-0.4, -0.2) is 13.0 Å². The molecule has 1 unspecified atom stereocenters. The lowest BCUT2D eigenvalue weighted by Crippen LogP contribution is -2.33. The molecule has 0 saturated carbocycles. The Hall–Kier alpha value is -1.45. The van der Waals surface area contributed by atoms with E-state index in [2.05, 4.69) is 10.3 Å². The molecular weight excluding hydrogens is 154 g/mol. The molecule has 0 spiro atoms. The van der Waals surface area contributed by atoms with Gasteiger partial charge in [-0.05, 0) is 19.1 Å². The maximum atomic E-state index is 5.48. The minimum absolute atomic E-state index is 0.0590. The molecule has 1 atom stereocenters. The molecule has 3 N–H and O–H groups in total. The number of hydrogen-bond donors (Lipinski definition) is 2. The summed E-state index contributed by atoms with van der Waals surface area (Å²) in [6.07, 6.45) is 1.63. The van der Waals surface area contributed by atoms with E-state index >= 15 is 0 Å². The quantitative estimate of drug-likeness (QED) is 0.507. The van der Waals surface area contributed by atoms with Gasteiger partial charge in [-0.1, -0.05) is 0 Å². The van der Waals surface area contributed by atoms with E-state index in [0.717, 1.165) is 5.76 Å². The minimum Gasteiger partial charge on any atom is -0.467 e. The van der Waals surface area contributed by atoms with Crippen molar-refractivity contribution in [2.75, 3.05) is 7.05 Å². The Labute approximate surface area is 71.5 Å². The highest BCUT2D eigenvalue weighted by Crippen LogP contribution is 2.11. The van der Waals surface area contributed by atoms with Crippen molar-refractivity contribution in [3.05, 3.63) is 24.2 Å². The number of guanidine groups is 1. The fourth-order valence-electron chi connectivity index (χ4n) is 0.895. The van der Waals surface area contributed by atoms with Gasteiger partial charge in [0.2, 0.25) is 0 Å². The second-order valence-corrected chi connectivity index (χ2v) is 2.49. The molecule has 0 aliphatic carbocycles. The summed E-state index contributed by atoms with van der Waals surface area (Å²) < 4.78 is 5.17. The SMILES string of the molecule is CN=C(N)NC(C)c1ccco1. The molecule has 0 aliphatic heterocycles. The lowest BCUT2D eigenvalue weighted by molar-refractivity contribution is 0.462. The van der Waals surface area contributed by atoms with Crippen molar-refractivity contribution in [3.63, 3.8) is 0 Å². The Bertz CT molecular complexity index is 253. The van der Waals surface area contributed by atoms with Crippen LogP contribution in [0.25, 0.3) is 0 Å². The molecule has 0 fully saturated rings. The minimum atomic E-state index is 0.0590. The van der Waals surface area contributed by atoms with Crippen LogP contribution in [0.2, 0.25) is 0 Å². The van der Waals surface area contributed by atoms with E-state index in [9.17, 15) is 0 Å². The first-order chi connectivity index (χ1) is 5.74. The number of aliphatic imine (C=N–C) groups is 1. The van der Waals surface area contributed by atoms with E-state index in [1.54, 1.807) is 13.3 Å². The molecule has 0 aromatic carbocycles. The maximum Gasteiger partial charge on any atom is 0.188 e. The van der Waals surface area contributed by atoms with Gasteiger partial charge in [0.25, 0.3) is 0 Å². The van der Waals surface area contributed by atoms with Gasteiger partial charge in [0.1, 0.15) is 5.76 Å². The van der Waals surface area contributed by atoms with Crippen LogP contribution in [0.4, 0.5) is 0 Å². The fourth-order valence-corrected chi connectivity index (χ4v) is 0.895. The standard InChI is InChI=1S/C8H13N3O/c1-6(11-8(9)10-2)7-4-3-5-12-7/h3-6H,1-2H3,(H3,9,10,11). The molecule has 0 aliphatic rings. The normalized spacial score (nSPS) is 14.3. The molecule has 4 heteroatoms. The van der Waals surface area contributed by atoms with Gasteiger partial charge < -0.3 is 15.5 Å². The van der Waals surface area contributed by atoms with Crippen LogP contribution in [0.1, 0.15) is 18.7 Å². The fraction of sp³-hybridized carbons (Fsp3) is 0.375. The molecule has 0 saturated heterocycles. The summed E-state index contributed by atoms with van der Waals surface area (Å²) in [4.78, 5) is 3.78. The van der Waals surface area contributed by atoms with Crippen molar-refractivity contribution < 1.29 is 4.42 Å². The van der Waals surface area contributed by atoms with Gasteiger partial charge in [-0.25, -0.2) is 0 Å². The third-order valence-corrected chi connectivity index (χ3v) is 1.58. The van der Waals surface area contributed by atoms with Crippen molar-refractivity contribution in [2.24, 2.45) is 10.7 Å². The number of nitrogens with one attached hydrogen (secondary N) is 1. The molecule has 1 heterocycles. The average Bonchev–Trinajstić information content (AvgIpc) is 2.56. The van der Waals surface area contributed by atoms with Crippen LogP contribution >= 0.6 is 0 Å².